The van der Waals surface area contributed by atoms with Gasteiger partial charge in [-0.3, -0.25) is 0 Å². The minimum Gasteiger partial charge on any atom is -0.380 e. The first-order valence-corrected chi connectivity index (χ1v) is 8.79. The quantitative estimate of drug-likeness (QED) is 0.862. The topological polar surface area (TPSA) is 20.2 Å². The number of quaternary nitrogens is 1. The van der Waals surface area contributed by atoms with E-state index < -0.39 is 5.60 Å². The maximum absolute atomic E-state index is 12.0. The fraction of sp³-hybridized carbons (Fsp3) is 0.429. The summed E-state index contributed by atoms with van der Waals surface area (Å²) in [7, 11) is 2.36. The summed E-state index contributed by atoms with van der Waals surface area (Å²) in [6.07, 6.45) is 2.48. The van der Waals surface area contributed by atoms with E-state index in [9.17, 15) is 5.11 Å². The van der Waals surface area contributed by atoms with Crippen LogP contribution in [0.1, 0.15) is 24.0 Å². The molecular weight excluding hydrogens is 282 g/mol. The van der Waals surface area contributed by atoms with Crippen LogP contribution in [-0.4, -0.2) is 36.3 Å². The van der Waals surface area contributed by atoms with Crippen LogP contribution in [0.4, 0.5) is 0 Å². The molecule has 0 aliphatic carbocycles. The Kier molecular flexibility index (Phi) is 3.55. The predicted octanol–water partition coefficient (Wildman–Crippen LogP) is 3.41. The largest absolute Gasteiger partial charge is 0.380 e. The van der Waals surface area contributed by atoms with Crippen molar-refractivity contribution in [2.45, 2.75) is 18.4 Å². The van der Waals surface area contributed by atoms with Crippen LogP contribution in [0.25, 0.3) is 0 Å². The smallest absolute Gasteiger partial charge is 0.123 e. The maximum Gasteiger partial charge on any atom is 0.123 e. The number of hydrogen-bond acceptors (Lipinski definition) is 1. The van der Waals surface area contributed by atoms with E-state index in [1.807, 2.05) is 36.4 Å². The summed E-state index contributed by atoms with van der Waals surface area (Å²) in [4.78, 5) is 0. The van der Waals surface area contributed by atoms with Crippen LogP contribution >= 0.6 is 0 Å². The summed E-state index contributed by atoms with van der Waals surface area (Å²) in [5.41, 5.74) is 1.20. The van der Waals surface area contributed by atoms with Gasteiger partial charge >= 0.3 is 0 Å². The van der Waals surface area contributed by atoms with Gasteiger partial charge in [0, 0.05) is 18.8 Å². The van der Waals surface area contributed by atoms with E-state index in [1.54, 1.807) is 0 Å². The molecular formula is C21H26NO+. The molecule has 3 aliphatic heterocycles. The lowest BCUT2D eigenvalue weighted by molar-refractivity contribution is -0.930. The minimum atomic E-state index is -0.881. The monoisotopic (exact) mass is 308 g/mol. The zero-order chi connectivity index (χ0) is 15.9. The molecule has 2 nitrogen and oxygen atoms in total. The molecule has 3 aliphatic rings. The van der Waals surface area contributed by atoms with Gasteiger partial charge in [0.1, 0.15) is 5.60 Å². The molecule has 5 rings (SSSR count). The molecule has 2 bridgehead atoms. The van der Waals surface area contributed by atoms with Crippen molar-refractivity contribution >= 4 is 0 Å². The lowest BCUT2D eigenvalue weighted by atomic mass is 9.64. The van der Waals surface area contributed by atoms with Crippen molar-refractivity contribution in [2.24, 2.45) is 11.8 Å². The van der Waals surface area contributed by atoms with Gasteiger partial charge in [0.25, 0.3) is 0 Å². The van der Waals surface area contributed by atoms with E-state index in [4.69, 9.17) is 0 Å². The molecule has 2 heteroatoms. The van der Waals surface area contributed by atoms with Gasteiger partial charge in [-0.15, -0.1) is 0 Å². The van der Waals surface area contributed by atoms with Gasteiger partial charge in [-0.25, -0.2) is 0 Å². The average Bonchev–Trinajstić information content (AvgIpc) is 2.62. The van der Waals surface area contributed by atoms with Crippen LogP contribution in [0.2, 0.25) is 0 Å². The van der Waals surface area contributed by atoms with Crippen molar-refractivity contribution in [1.29, 1.82) is 0 Å². The first kappa shape index (κ1) is 14.9. The van der Waals surface area contributed by atoms with Crippen LogP contribution in [0.15, 0.2) is 60.7 Å². The van der Waals surface area contributed by atoms with Crippen molar-refractivity contribution in [2.75, 3.05) is 26.7 Å². The van der Waals surface area contributed by atoms with E-state index in [0.29, 0.717) is 11.8 Å². The first-order chi connectivity index (χ1) is 11.1. The second-order valence-electron chi connectivity index (χ2n) is 7.69. The molecule has 0 radical (unpaired) electrons. The van der Waals surface area contributed by atoms with E-state index >= 15 is 0 Å². The third-order valence-electron chi connectivity index (χ3n) is 6.25. The number of aliphatic hydroxyl groups is 1. The molecule has 1 atom stereocenters. The molecule has 3 fully saturated rings. The molecule has 120 valence electrons. The Labute approximate surface area is 139 Å². The Balaban J connectivity index is 1.84. The Morgan fingerprint density at radius 1 is 0.870 bits per heavy atom. The molecule has 2 aromatic rings. The van der Waals surface area contributed by atoms with E-state index in [2.05, 4.69) is 31.3 Å². The fourth-order valence-electron chi connectivity index (χ4n) is 4.87. The Morgan fingerprint density at radius 3 is 1.78 bits per heavy atom. The zero-order valence-electron chi connectivity index (χ0n) is 13.9. The Hall–Kier alpha value is -1.64. The third kappa shape index (κ3) is 2.41. The lowest BCUT2D eigenvalue weighted by Gasteiger charge is -2.55. The highest BCUT2D eigenvalue weighted by Crippen LogP contribution is 2.48. The molecule has 0 aromatic heterocycles. The standard InChI is InChI=1S/C21H26NO/c1-22-14-12-17(13-15-22)20(16-22)21(23,18-8-4-2-5-9-18)19-10-6-3-7-11-19/h2-11,17,20,23H,12-16H2,1H3/q+1. The van der Waals surface area contributed by atoms with Crippen LogP contribution in [0, 0.1) is 11.8 Å². The van der Waals surface area contributed by atoms with Crippen LogP contribution < -0.4 is 0 Å². The predicted molar refractivity (Wildman–Crippen MR) is 92.9 cm³/mol. The second-order valence-corrected chi connectivity index (χ2v) is 7.69. The molecule has 1 N–H and O–H groups in total. The minimum absolute atomic E-state index is 0.291. The summed E-state index contributed by atoms with van der Waals surface area (Å²) < 4.78 is 1.11. The maximum atomic E-state index is 12.0. The number of benzene rings is 2. The van der Waals surface area contributed by atoms with Crippen LogP contribution in [0.5, 0.6) is 0 Å². The average molecular weight is 308 g/mol. The van der Waals surface area contributed by atoms with Gasteiger partial charge < -0.3 is 9.59 Å². The SMILES string of the molecule is C[N+]12CCC(CC1)C(C(O)(c1ccccc1)c1ccccc1)C2. The van der Waals surface area contributed by atoms with Crippen LogP contribution in [-0.2, 0) is 5.60 Å². The molecule has 2 aromatic carbocycles. The molecule has 0 amide bonds. The van der Waals surface area contributed by atoms with E-state index in [-0.39, 0.29) is 0 Å². The molecule has 3 saturated heterocycles. The Morgan fingerprint density at radius 2 is 1.35 bits per heavy atom. The van der Waals surface area contributed by atoms with Crippen molar-refractivity contribution in [3.63, 3.8) is 0 Å². The molecule has 0 spiro atoms. The fourth-order valence-corrected chi connectivity index (χ4v) is 4.87. The number of rotatable bonds is 3. The number of hydrogen-bond donors (Lipinski definition) is 1. The lowest BCUT2D eigenvalue weighted by Crippen LogP contribution is -2.63. The molecule has 0 saturated carbocycles. The van der Waals surface area contributed by atoms with E-state index in [1.165, 1.54) is 25.9 Å². The van der Waals surface area contributed by atoms with Gasteiger partial charge in [-0.05, 0) is 17.0 Å². The highest BCUT2D eigenvalue weighted by atomic mass is 16.3. The highest BCUT2D eigenvalue weighted by molar-refractivity contribution is 5.37. The zero-order valence-corrected chi connectivity index (χ0v) is 13.9. The van der Waals surface area contributed by atoms with Gasteiger partial charge in [-0.1, -0.05) is 60.7 Å². The van der Waals surface area contributed by atoms with Crippen molar-refractivity contribution in [3.05, 3.63) is 71.8 Å². The van der Waals surface area contributed by atoms with Crippen molar-refractivity contribution in [1.82, 2.24) is 0 Å². The van der Waals surface area contributed by atoms with E-state index in [0.717, 1.165) is 22.2 Å². The van der Waals surface area contributed by atoms with Gasteiger partial charge in [0.05, 0.1) is 26.7 Å². The molecule has 23 heavy (non-hydrogen) atoms. The number of piperidine rings is 3. The number of fused-ring (bicyclic) bond motifs is 3. The third-order valence-corrected chi connectivity index (χ3v) is 6.25. The van der Waals surface area contributed by atoms with Crippen molar-refractivity contribution in [3.8, 4) is 0 Å². The van der Waals surface area contributed by atoms with Gasteiger partial charge in [-0.2, -0.15) is 0 Å². The molecule has 3 heterocycles. The second kappa shape index (κ2) is 5.47. The van der Waals surface area contributed by atoms with Crippen molar-refractivity contribution < 1.29 is 9.59 Å². The summed E-state index contributed by atoms with van der Waals surface area (Å²) in [5.74, 6) is 0.917. The Bertz CT molecular complexity index is 619. The van der Waals surface area contributed by atoms with Crippen LogP contribution in [0.3, 0.4) is 0 Å². The summed E-state index contributed by atoms with van der Waals surface area (Å²) in [5, 5.41) is 12.0. The summed E-state index contributed by atoms with van der Waals surface area (Å²) in [6.45, 7) is 3.60. The normalized spacial score (nSPS) is 30.3. The summed E-state index contributed by atoms with van der Waals surface area (Å²) in [6, 6.07) is 20.6. The number of nitrogens with zero attached hydrogens (tertiary/aromatic N) is 1. The van der Waals surface area contributed by atoms with Gasteiger partial charge in [0.15, 0.2) is 0 Å². The first-order valence-electron chi connectivity index (χ1n) is 8.79. The highest BCUT2D eigenvalue weighted by Gasteiger charge is 2.53. The molecule has 1 unspecified atom stereocenters. The van der Waals surface area contributed by atoms with Gasteiger partial charge in [0.2, 0.25) is 0 Å². The summed E-state index contributed by atoms with van der Waals surface area (Å²) >= 11 is 0.